The van der Waals surface area contributed by atoms with Crippen LogP contribution in [0.3, 0.4) is 0 Å². The number of ether oxygens (including phenoxy) is 1. The van der Waals surface area contributed by atoms with Crippen LogP contribution in [0.25, 0.3) is 0 Å². The lowest BCUT2D eigenvalue weighted by atomic mass is 10.0. The number of likely N-dealkylation sites (tertiary alicyclic amines) is 1. The van der Waals surface area contributed by atoms with Crippen LogP contribution in [0.4, 0.5) is 0 Å². The van der Waals surface area contributed by atoms with Crippen molar-refractivity contribution < 1.29 is 4.74 Å². The van der Waals surface area contributed by atoms with E-state index in [-0.39, 0.29) is 0 Å². The molecule has 1 saturated carbocycles. The standard InChI is InChI=1S/C22H29N3O/c1-17-7-8-20(16-23-17)26-14-13-25-11-9-19(10-12-25)24-22-15-21(22)18-5-3-2-4-6-18/h2-8,16,19,21-22,24H,9-15H2,1H3/t21?,22-/m1/s1. The second kappa shape index (κ2) is 8.19. The molecule has 1 aromatic heterocycles. The summed E-state index contributed by atoms with van der Waals surface area (Å²) in [6.45, 7) is 6.05. The third kappa shape index (κ3) is 4.63. The van der Waals surface area contributed by atoms with Crippen LogP contribution < -0.4 is 10.1 Å². The van der Waals surface area contributed by atoms with Gasteiger partial charge in [-0.1, -0.05) is 30.3 Å². The molecule has 1 aromatic carbocycles. The lowest BCUT2D eigenvalue weighted by molar-refractivity contribution is 0.164. The average Bonchev–Trinajstić information content (AvgIpc) is 3.45. The highest BCUT2D eigenvalue weighted by Crippen LogP contribution is 2.41. The number of pyridine rings is 1. The van der Waals surface area contributed by atoms with Gasteiger partial charge in [-0.25, -0.2) is 0 Å². The quantitative estimate of drug-likeness (QED) is 0.830. The van der Waals surface area contributed by atoms with E-state index in [2.05, 4.69) is 45.5 Å². The van der Waals surface area contributed by atoms with Crippen molar-refractivity contribution in [1.29, 1.82) is 0 Å². The minimum atomic E-state index is 0.673. The lowest BCUT2D eigenvalue weighted by Gasteiger charge is -2.32. The largest absolute Gasteiger partial charge is 0.491 e. The van der Waals surface area contributed by atoms with E-state index >= 15 is 0 Å². The number of hydrogen-bond donors (Lipinski definition) is 1. The normalized spacial score (nSPS) is 23.7. The Bertz CT molecular complexity index is 680. The zero-order valence-electron chi connectivity index (χ0n) is 15.6. The van der Waals surface area contributed by atoms with Gasteiger partial charge in [-0.05, 0) is 57.0 Å². The maximum atomic E-state index is 5.81. The number of rotatable bonds is 7. The van der Waals surface area contributed by atoms with Gasteiger partial charge in [0.25, 0.3) is 0 Å². The molecule has 2 aliphatic rings. The molecule has 1 unspecified atom stereocenters. The first-order chi connectivity index (χ1) is 12.8. The highest BCUT2D eigenvalue weighted by atomic mass is 16.5. The van der Waals surface area contributed by atoms with Crippen molar-refractivity contribution >= 4 is 0 Å². The van der Waals surface area contributed by atoms with Crippen molar-refractivity contribution in [1.82, 2.24) is 15.2 Å². The smallest absolute Gasteiger partial charge is 0.137 e. The van der Waals surface area contributed by atoms with Gasteiger partial charge in [0.05, 0.1) is 6.20 Å². The Hall–Kier alpha value is -1.91. The summed E-state index contributed by atoms with van der Waals surface area (Å²) in [5, 5.41) is 3.88. The summed E-state index contributed by atoms with van der Waals surface area (Å²) in [7, 11) is 0. The molecule has 4 heteroatoms. The Morgan fingerprint density at radius 1 is 1.12 bits per heavy atom. The van der Waals surface area contributed by atoms with Crippen molar-refractivity contribution in [2.24, 2.45) is 0 Å². The van der Waals surface area contributed by atoms with Crippen molar-refractivity contribution in [2.75, 3.05) is 26.2 Å². The molecule has 1 aliphatic heterocycles. The van der Waals surface area contributed by atoms with Gasteiger partial charge in [0.15, 0.2) is 0 Å². The fourth-order valence-corrected chi connectivity index (χ4v) is 3.91. The molecule has 2 fully saturated rings. The molecule has 26 heavy (non-hydrogen) atoms. The zero-order chi connectivity index (χ0) is 17.8. The van der Waals surface area contributed by atoms with Crippen molar-refractivity contribution in [3.05, 3.63) is 59.9 Å². The summed E-state index contributed by atoms with van der Waals surface area (Å²) in [4.78, 5) is 6.78. The third-order valence-corrected chi connectivity index (χ3v) is 5.62. The van der Waals surface area contributed by atoms with Gasteiger partial charge in [0.2, 0.25) is 0 Å². The monoisotopic (exact) mass is 351 g/mol. The van der Waals surface area contributed by atoms with Gasteiger partial charge in [-0.3, -0.25) is 9.88 Å². The molecule has 1 N–H and O–H groups in total. The van der Waals surface area contributed by atoms with E-state index in [1.165, 1.54) is 24.8 Å². The van der Waals surface area contributed by atoms with Crippen LogP contribution in [-0.4, -0.2) is 48.2 Å². The third-order valence-electron chi connectivity index (χ3n) is 5.62. The van der Waals surface area contributed by atoms with E-state index < -0.39 is 0 Å². The molecule has 1 saturated heterocycles. The van der Waals surface area contributed by atoms with Gasteiger partial charge >= 0.3 is 0 Å². The second-order valence-corrected chi connectivity index (χ2v) is 7.63. The Labute approximate surface area is 156 Å². The van der Waals surface area contributed by atoms with Crippen LogP contribution in [0, 0.1) is 6.92 Å². The van der Waals surface area contributed by atoms with E-state index in [9.17, 15) is 0 Å². The number of benzene rings is 1. The molecule has 1 aliphatic carbocycles. The first kappa shape index (κ1) is 17.5. The first-order valence-electron chi connectivity index (χ1n) is 9.87. The van der Waals surface area contributed by atoms with E-state index in [4.69, 9.17) is 4.74 Å². The van der Waals surface area contributed by atoms with Crippen LogP contribution in [-0.2, 0) is 0 Å². The Balaban J connectivity index is 1.13. The van der Waals surface area contributed by atoms with Gasteiger partial charge in [0.1, 0.15) is 12.4 Å². The molecule has 2 atom stereocenters. The lowest BCUT2D eigenvalue weighted by Crippen LogP contribution is -2.44. The molecule has 0 amide bonds. The molecular formula is C22H29N3O. The fourth-order valence-electron chi connectivity index (χ4n) is 3.91. The molecule has 138 valence electrons. The van der Waals surface area contributed by atoms with Crippen molar-refractivity contribution in [3.8, 4) is 5.75 Å². The molecule has 2 heterocycles. The maximum Gasteiger partial charge on any atom is 0.137 e. The van der Waals surface area contributed by atoms with E-state index in [0.29, 0.717) is 12.1 Å². The summed E-state index contributed by atoms with van der Waals surface area (Å²) in [5.74, 6) is 1.60. The number of piperidine rings is 1. The second-order valence-electron chi connectivity index (χ2n) is 7.63. The highest BCUT2D eigenvalue weighted by molar-refractivity contribution is 5.27. The van der Waals surface area contributed by atoms with E-state index in [1.807, 2.05) is 25.3 Å². The molecule has 4 nitrogen and oxygen atoms in total. The zero-order valence-corrected chi connectivity index (χ0v) is 15.6. The Kier molecular flexibility index (Phi) is 5.51. The Morgan fingerprint density at radius 3 is 2.65 bits per heavy atom. The van der Waals surface area contributed by atoms with Gasteiger partial charge in [-0.2, -0.15) is 0 Å². The van der Waals surface area contributed by atoms with Gasteiger partial charge in [0, 0.05) is 30.2 Å². The fraction of sp³-hybridized carbons (Fsp3) is 0.500. The van der Waals surface area contributed by atoms with Crippen LogP contribution in [0.2, 0.25) is 0 Å². The van der Waals surface area contributed by atoms with E-state index in [0.717, 1.165) is 43.6 Å². The molecule has 0 spiro atoms. The van der Waals surface area contributed by atoms with Crippen LogP contribution in [0.1, 0.15) is 36.4 Å². The van der Waals surface area contributed by atoms with Gasteiger partial charge < -0.3 is 10.1 Å². The minimum Gasteiger partial charge on any atom is -0.491 e. The average molecular weight is 351 g/mol. The summed E-state index contributed by atoms with van der Waals surface area (Å²) in [6, 6.07) is 16.3. The molecule has 0 radical (unpaired) electrons. The first-order valence-corrected chi connectivity index (χ1v) is 9.87. The summed E-state index contributed by atoms with van der Waals surface area (Å²) in [6.07, 6.45) is 5.58. The molecule has 4 rings (SSSR count). The summed E-state index contributed by atoms with van der Waals surface area (Å²) >= 11 is 0. The number of aryl methyl sites for hydroxylation is 1. The summed E-state index contributed by atoms with van der Waals surface area (Å²) in [5.41, 5.74) is 2.52. The number of hydrogen-bond acceptors (Lipinski definition) is 4. The SMILES string of the molecule is Cc1ccc(OCCN2CCC(N[C@@H]3CC3c3ccccc3)CC2)cn1. The Morgan fingerprint density at radius 2 is 1.92 bits per heavy atom. The minimum absolute atomic E-state index is 0.673. The number of aromatic nitrogens is 1. The molecular weight excluding hydrogens is 322 g/mol. The van der Waals surface area contributed by atoms with Gasteiger partial charge in [-0.15, -0.1) is 0 Å². The maximum absolute atomic E-state index is 5.81. The van der Waals surface area contributed by atoms with E-state index in [1.54, 1.807) is 0 Å². The number of nitrogens with zero attached hydrogens (tertiary/aromatic N) is 2. The molecule has 2 aromatic rings. The predicted octanol–water partition coefficient (Wildman–Crippen LogP) is 3.38. The van der Waals surface area contributed by atoms with Crippen LogP contribution in [0.5, 0.6) is 5.75 Å². The van der Waals surface area contributed by atoms with Crippen molar-refractivity contribution in [3.63, 3.8) is 0 Å². The topological polar surface area (TPSA) is 37.4 Å². The summed E-state index contributed by atoms with van der Waals surface area (Å²) < 4.78 is 5.81. The molecule has 0 bridgehead atoms. The highest BCUT2D eigenvalue weighted by Gasteiger charge is 2.39. The van der Waals surface area contributed by atoms with Crippen molar-refractivity contribution in [2.45, 2.75) is 44.2 Å². The van der Waals surface area contributed by atoms with Crippen LogP contribution in [0.15, 0.2) is 48.7 Å². The number of nitrogens with one attached hydrogen (secondary N) is 1. The predicted molar refractivity (Wildman–Crippen MR) is 105 cm³/mol. The van der Waals surface area contributed by atoms with Crippen LogP contribution >= 0.6 is 0 Å².